The maximum atomic E-state index is 9.92. The van der Waals surface area contributed by atoms with Crippen molar-refractivity contribution >= 4 is 38.6 Å². The fraction of sp³-hybridized carbons (Fsp3) is 0.167. The molecular weight excluding hydrogens is 214 g/mol. The first kappa shape index (κ1) is 7.75. The van der Waals surface area contributed by atoms with Crippen LogP contribution in [0.15, 0.2) is 15.9 Å². The predicted molar refractivity (Wildman–Crippen MR) is 46.6 cm³/mol. The Hall–Kier alpha value is -0.350. The zero-order valence-corrected chi connectivity index (χ0v) is 7.54. The Morgan fingerprint density at radius 3 is 3.10 bits per heavy atom. The number of hydrogen-bond acceptors (Lipinski definition) is 3. The number of thiophene rings is 1. The molecule has 0 aliphatic heterocycles. The molecule has 1 aromatic heterocycles. The topological polar surface area (TPSA) is 29.1 Å². The molecule has 10 heavy (non-hydrogen) atoms. The number of rotatable bonds is 3. The Morgan fingerprint density at radius 1 is 1.80 bits per heavy atom. The van der Waals surface area contributed by atoms with Gasteiger partial charge in [-0.2, -0.15) is 0 Å². The maximum absolute atomic E-state index is 9.92. The second-order valence-electron chi connectivity index (χ2n) is 1.68. The lowest BCUT2D eigenvalue weighted by Crippen LogP contribution is -1.99. The van der Waals surface area contributed by atoms with E-state index in [1.165, 1.54) is 0 Å². The third-order valence-corrected chi connectivity index (χ3v) is 2.58. The van der Waals surface area contributed by atoms with E-state index in [0.29, 0.717) is 6.54 Å². The number of anilines is 1. The quantitative estimate of drug-likeness (QED) is 0.790. The SMILES string of the molecule is O=CCNc1cc(Br)cs1. The second-order valence-corrected chi connectivity index (χ2v) is 3.50. The molecule has 0 aliphatic carbocycles. The molecule has 1 aromatic rings. The smallest absolute Gasteiger partial charge is 0.139 e. The van der Waals surface area contributed by atoms with Crippen LogP contribution in [-0.4, -0.2) is 12.8 Å². The van der Waals surface area contributed by atoms with Crippen molar-refractivity contribution in [2.75, 3.05) is 11.9 Å². The number of carbonyl (C=O) groups excluding carboxylic acids is 1. The van der Waals surface area contributed by atoms with E-state index in [1.54, 1.807) is 11.3 Å². The summed E-state index contributed by atoms with van der Waals surface area (Å²) in [6.45, 7) is 0.382. The summed E-state index contributed by atoms with van der Waals surface area (Å²) in [7, 11) is 0. The van der Waals surface area contributed by atoms with Crippen molar-refractivity contribution in [1.82, 2.24) is 0 Å². The monoisotopic (exact) mass is 219 g/mol. The van der Waals surface area contributed by atoms with Crippen LogP contribution in [-0.2, 0) is 4.79 Å². The fourth-order valence-electron chi connectivity index (χ4n) is 0.548. The summed E-state index contributed by atoms with van der Waals surface area (Å²) in [6, 6.07) is 1.94. The van der Waals surface area contributed by atoms with Crippen molar-refractivity contribution in [3.8, 4) is 0 Å². The molecule has 54 valence electrons. The first-order valence-electron chi connectivity index (χ1n) is 2.74. The Morgan fingerprint density at radius 2 is 2.60 bits per heavy atom. The fourth-order valence-corrected chi connectivity index (χ4v) is 1.88. The van der Waals surface area contributed by atoms with Gasteiger partial charge in [0.05, 0.1) is 11.5 Å². The standard InChI is InChI=1S/C6H6BrNOS/c7-5-3-6(10-4-5)8-1-2-9/h2-4,8H,1H2. The summed E-state index contributed by atoms with van der Waals surface area (Å²) in [6.07, 6.45) is 0.841. The van der Waals surface area contributed by atoms with E-state index >= 15 is 0 Å². The summed E-state index contributed by atoms with van der Waals surface area (Å²) in [5, 5.41) is 5.91. The minimum atomic E-state index is 0.382. The number of halogens is 1. The normalized spacial score (nSPS) is 9.30. The molecule has 0 saturated carbocycles. The molecule has 4 heteroatoms. The van der Waals surface area contributed by atoms with Gasteiger partial charge in [-0.15, -0.1) is 11.3 Å². The van der Waals surface area contributed by atoms with E-state index in [0.717, 1.165) is 15.8 Å². The van der Waals surface area contributed by atoms with E-state index in [2.05, 4.69) is 21.2 Å². The van der Waals surface area contributed by atoms with Crippen molar-refractivity contribution in [3.05, 3.63) is 15.9 Å². The number of nitrogens with one attached hydrogen (secondary N) is 1. The molecule has 0 amide bonds. The van der Waals surface area contributed by atoms with E-state index in [4.69, 9.17) is 0 Å². The molecule has 0 atom stereocenters. The molecule has 1 heterocycles. The lowest BCUT2D eigenvalue weighted by molar-refractivity contribution is -0.106. The summed E-state index contributed by atoms with van der Waals surface area (Å²) in [5.41, 5.74) is 0. The number of aldehydes is 1. The summed E-state index contributed by atoms with van der Waals surface area (Å²) in [4.78, 5) is 9.92. The zero-order chi connectivity index (χ0) is 7.40. The molecule has 0 unspecified atom stereocenters. The molecule has 0 radical (unpaired) electrons. The van der Waals surface area contributed by atoms with Crippen LogP contribution < -0.4 is 5.32 Å². The van der Waals surface area contributed by atoms with Crippen LogP contribution in [0, 0.1) is 0 Å². The van der Waals surface area contributed by atoms with Crippen LogP contribution in [0.2, 0.25) is 0 Å². The van der Waals surface area contributed by atoms with Gasteiger partial charge >= 0.3 is 0 Å². The highest BCUT2D eigenvalue weighted by Crippen LogP contribution is 2.23. The molecular formula is C6H6BrNOS. The van der Waals surface area contributed by atoms with Crippen molar-refractivity contribution in [2.24, 2.45) is 0 Å². The molecule has 0 saturated heterocycles. The van der Waals surface area contributed by atoms with Gasteiger partial charge in [-0.25, -0.2) is 0 Å². The minimum absolute atomic E-state index is 0.382. The van der Waals surface area contributed by atoms with Crippen molar-refractivity contribution < 1.29 is 4.79 Å². The van der Waals surface area contributed by atoms with Crippen LogP contribution in [0.25, 0.3) is 0 Å². The highest BCUT2D eigenvalue weighted by molar-refractivity contribution is 9.10. The average Bonchev–Trinajstić information content (AvgIpc) is 2.31. The predicted octanol–water partition coefficient (Wildman–Crippen LogP) is 2.12. The average molecular weight is 220 g/mol. The summed E-state index contributed by atoms with van der Waals surface area (Å²) in [5.74, 6) is 0. The van der Waals surface area contributed by atoms with Crippen LogP contribution in [0.4, 0.5) is 5.00 Å². The summed E-state index contributed by atoms with van der Waals surface area (Å²) >= 11 is 4.88. The van der Waals surface area contributed by atoms with Gasteiger partial charge in [-0.05, 0) is 22.0 Å². The van der Waals surface area contributed by atoms with Crippen LogP contribution in [0.3, 0.4) is 0 Å². The Labute approximate surface area is 71.4 Å². The second kappa shape index (κ2) is 3.73. The zero-order valence-electron chi connectivity index (χ0n) is 5.13. The van der Waals surface area contributed by atoms with Gasteiger partial charge in [0.25, 0.3) is 0 Å². The van der Waals surface area contributed by atoms with Crippen LogP contribution in [0.5, 0.6) is 0 Å². The number of carbonyl (C=O) groups is 1. The van der Waals surface area contributed by atoms with E-state index < -0.39 is 0 Å². The van der Waals surface area contributed by atoms with Gasteiger partial charge in [0.2, 0.25) is 0 Å². The first-order chi connectivity index (χ1) is 4.83. The molecule has 0 fully saturated rings. The highest BCUT2D eigenvalue weighted by Gasteiger charge is 1.93. The number of hydrogen-bond donors (Lipinski definition) is 1. The van der Waals surface area contributed by atoms with Crippen molar-refractivity contribution in [1.29, 1.82) is 0 Å². The highest BCUT2D eigenvalue weighted by atomic mass is 79.9. The van der Waals surface area contributed by atoms with Crippen LogP contribution in [0.1, 0.15) is 0 Å². The van der Waals surface area contributed by atoms with Crippen LogP contribution >= 0.6 is 27.3 Å². The molecule has 0 aliphatic rings. The van der Waals surface area contributed by atoms with E-state index in [-0.39, 0.29) is 0 Å². The lowest BCUT2D eigenvalue weighted by Gasteiger charge is -1.92. The molecule has 0 spiro atoms. The Bertz CT molecular complexity index is 223. The van der Waals surface area contributed by atoms with Gasteiger partial charge in [0, 0.05) is 9.85 Å². The van der Waals surface area contributed by atoms with Gasteiger partial charge in [-0.3, -0.25) is 0 Å². The maximum Gasteiger partial charge on any atom is 0.139 e. The van der Waals surface area contributed by atoms with Gasteiger partial charge in [-0.1, -0.05) is 0 Å². The summed E-state index contributed by atoms with van der Waals surface area (Å²) < 4.78 is 1.05. The van der Waals surface area contributed by atoms with Gasteiger partial charge in [0.15, 0.2) is 0 Å². The third kappa shape index (κ3) is 2.11. The van der Waals surface area contributed by atoms with Crippen molar-refractivity contribution in [3.63, 3.8) is 0 Å². The Balaban J connectivity index is 2.49. The lowest BCUT2D eigenvalue weighted by atomic mass is 10.6. The van der Waals surface area contributed by atoms with E-state index in [9.17, 15) is 4.79 Å². The largest absolute Gasteiger partial charge is 0.370 e. The third-order valence-electron chi connectivity index (χ3n) is 0.927. The molecule has 1 N–H and O–H groups in total. The van der Waals surface area contributed by atoms with E-state index in [1.807, 2.05) is 11.4 Å². The molecule has 0 bridgehead atoms. The Kier molecular flexibility index (Phi) is 2.89. The molecule has 1 rings (SSSR count). The van der Waals surface area contributed by atoms with Crippen molar-refractivity contribution in [2.45, 2.75) is 0 Å². The van der Waals surface area contributed by atoms with Gasteiger partial charge < -0.3 is 10.1 Å². The molecule has 0 aromatic carbocycles. The van der Waals surface area contributed by atoms with Gasteiger partial charge in [0.1, 0.15) is 6.29 Å². The minimum Gasteiger partial charge on any atom is -0.370 e. The first-order valence-corrected chi connectivity index (χ1v) is 4.41. The molecule has 2 nitrogen and oxygen atoms in total.